The first-order valence-electron chi connectivity index (χ1n) is 4.19. The maximum absolute atomic E-state index is 10.6. The highest BCUT2D eigenvalue weighted by atomic mass is 32.1. The van der Waals surface area contributed by atoms with Crippen LogP contribution in [-0.2, 0) is 0 Å². The summed E-state index contributed by atoms with van der Waals surface area (Å²) in [5, 5.41) is 2.26. The number of carbonyl (C=O) groups is 1. The number of anilines is 1. The van der Waals surface area contributed by atoms with Gasteiger partial charge in [-0.2, -0.15) is 0 Å². The van der Waals surface area contributed by atoms with Gasteiger partial charge in [-0.25, -0.2) is 0 Å². The van der Waals surface area contributed by atoms with Crippen molar-refractivity contribution in [2.75, 3.05) is 5.32 Å². The molecule has 0 fully saturated rings. The van der Waals surface area contributed by atoms with Crippen LogP contribution in [0.4, 0.5) is 10.5 Å². The van der Waals surface area contributed by atoms with Crippen molar-refractivity contribution in [3.05, 3.63) is 29.8 Å². The van der Waals surface area contributed by atoms with Crippen molar-refractivity contribution in [3.8, 4) is 0 Å². The average Bonchev–Trinajstić information content (AvgIpc) is 2.04. The summed E-state index contributed by atoms with van der Waals surface area (Å²) in [6.45, 7) is 4.26. The van der Waals surface area contributed by atoms with E-state index in [0.717, 1.165) is 5.69 Å². The van der Waals surface area contributed by atoms with E-state index in [9.17, 15) is 4.79 Å². The SMILES string of the molecule is CC(C)c1ccc(NC(=O)S)cc1. The zero-order valence-corrected chi connectivity index (χ0v) is 8.64. The Morgan fingerprint density at radius 3 is 2.23 bits per heavy atom. The Balaban J connectivity index is 2.75. The van der Waals surface area contributed by atoms with Crippen LogP contribution in [0.3, 0.4) is 0 Å². The zero-order chi connectivity index (χ0) is 9.84. The molecule has 1 amide bonds. The minimum Gasteiger partial charge on any atom is -0.317 e. The number of hydrogen-bond acceptors (Lipinski definition) is 1. The summed E-state index contributed by atoms with van der Waals surface area (Å²) in [5.41, 5.74) is 2.04. The summed E-state index contributed by atoms with van der Waals surface area (Å²) in [6.07, 6.45) is 0. The molecular formula is C10H13NOS. The first-order chi connectivity index (χ1) is 6.09. The molecule has 0 aliphatic heterocycles. The minimum absolute atomic E-state index is 0.336. The van der Waals surface area contributed by atoms with E-state index in [1.165, 1.54) is 5.56 Å². The molecule has 3 heteroatoms. The van der Waals surface area contributed by atoms with Crippen LogP contribution < -0.4 is 5.32 Å². The summed E-state index contributed by atoms with van der Waals surface area (Å²) in [6, 6.07) is 7.76. The fraction of sp³-hybridized carbons (Fsp3) is 0.300. The van der Waals surface area contributed by atoms with Crippen LogP contribution in [0.5, 0.6) is 0 Å². The molecule has 0 aliphatic carbocycles. The summed E-state index contributed by atoms with van der Waals surface area (Å²) in [7, 11) is 0. The van der Waals surface area contributed by atoms with Gasteiger partial charge in [-0.15, -0.1) is 0 Å². The molecule has 1 aromatic rings. The topological polar surface area (TPSA) is 29.1 Å². The number of hydrogen-bond donors (Lipinski definition) is 2. The standard InChI is InChI=1S/C10H13NOS/c1-7(2)8-3-5-9(6-4-8)11-10(12)13/h3-7H,1-2H3,(H2,11,12,13). The van der Waals surface area contributed by atoms with E-state index < -0.39 is 0 Å². The Bertz CT molecular complexity index is 292. The Morgan fingerprint density at radius 2 is 1.85 bits per heavy atom. The fourth-order valence-corrected chi connectivity index (χ4v) is 1.20. The lowest BCUT2D eigenvalue weighted by atomic mass is 10.0. The Morgan fingerprint density at radius 1 is 1.31 bits per heavy atom. The number of rotatable bonds is 2. The van der Waals surface area contributed by atoms with E-state index in [1.807, 2.05) is 24.3 Å². The van der Waals surface area contributed by atoms with Crippen molar-refractivity contribution < 1.29 is 4.79 Å². The van der Waals surface area contributed by atoms with Gasteiger partial charge in [0.25, 0.3) is 5.24 Å². The molecule has 1 rings (SSSR count). The van der Waals surface area contributed by atoms with Gasteiger partial charge >= 0.3 is 0 Å². The van der Waals surface area contributed by atoms with Crippen LogP contribution in [-0.4, -0.2) is 5.24 Å². The maximum Gasteiger partial charge on any atom is 0.280 e. The molecule has 1 aromatic carbocycles. The third-order valence-corrected chi connectivity index (χ3v) is 1.94. The van der Waals surface area contributed by atoms with E-state index in [-0.39, 0.29) is 5.24 Å². The minimum atomic E-state index is -0.336. The molecule has 2 nitrogen and oxygen atoms in total. The number of carbonyl (C=O) groups excluding carboxylic acids is 1. The first kappa shape index (κ1) is 10.1. The molecule has 0 unspecified atom stereocenters. The highest BCUT2D eigenvalue weighted by Gasteiger charge is 1.99. The second-order valence-corrected chi connectivity index (χ2v) is 3.61. The molecule has 0 saturated carbocycles. The fourth-order valence-electron chi connectivity index (χ4n) is 1.07. The monoisotopic (exact) mass is 195 g/mol. The Labute approximate surface area is 83.8 Å². The average molecular weight is 195 g/mol. The third-order valence-electron chi connectivity index (χ3n) is 1.83. The van der Waals surface area contributed by atoms with Gasteiger partial charge in [0.1, 0.15) is 0 Å². The molecule has 70 valence electrons. The van der Waals surface area contributed by atoms with Crippen LogP contribution in [0.1, 0.15) is 25.3 Å². The molecule has 0 bridgehead atoms. The normalized spacial score (nSPS) is 10.2. The highest BCUT2D eigenvalue weighted by molar-refractivity contribution is 7.96. The third kappa shape index (κ3) is 3.11. The molecular weight excluding hydrogens is 182 g/mol. The lowest BCUT2D eigenvalue weighted by molar-refractivity contribution is 0.270. The predicted molar refractivity (Wildman–Crippen MR) is 58.5 cm³/mol. The highest BCUT2D eigenvalue weighted by Crippen LogP contribution is 2.17. The van der Waals surface area contributed by atoms with Gasteiger partial charge in [0.2, 0.25) is 0 Å². The van der Waals surface area contributed by atoms with Gasteiger partial charge in [0, 0.05) is 5.69 Å². The van der Waals surface area contributed by atoms with E-state index >= 15 is 0 Å². The summed E-state index contributed by atoms with van der Waals surface area (Å²) < 4.78 is 0. The van der Waals surface area contributed by atoms with Crippen molar-refractivity contribution in [3.63, 3.8) is 0 Å². The molecule has 0 radical (unpaired) electrons. The van der Waals surface area contributed by atoms with Crippen molar-refractivity contribution in [1.82, 2.24) is 0 Å². The van der Waals surface area contributed by atoms with Gasteiger partial charge in [-0.3, -0.25) is 4.79 Å². The van der Waals surface area contributed by atoms with Gasteiger partial charge in [-0.05, 0) is 23.6 Å². The molecule has 0 saturated heterocycles. The number of nitrogens with one attached hydrogen (secondary N) is 1. The molecule has 0 aliphatic rings. The lowest BCUT2D eigenvalue weighted by Crippen LogP contribution is -2.00. The summed E-state index contributed by atoms with van der Waals surface area (Å²) >= 11 is 3.63. The van der Waals surface area contributed by atoms with E-state index in [2.05, 4.69) is 31.8 Å². The van der Waals surface area contributed by atoms with Gasteiger partial charge in [-0.1, -0.05) is 38.6 Å². The van der Waals surface area contributed by atoms with E-state index in [1.54, 1.807) is 0 Å². The molecule has 0 aromatic heterocycles. The number of thiol groups is 1. The van der Waals surface area contributed by atoms with Gasteiger partial charge in [0.15, 0.2) is 0 Å². The molecule has 0 heterocycles. The van der Waals surface area contributed by atoms with Crippen LogP contribution in [0.2, 0.25) is 0 Å². The van der Waals surface area contributed by atoms with Crippen LogP contribution in [0.25, 0.3) is 0 Å². The summed E-state index contributed by atoms with van der Waals surface area (Å²) in [4.78, 5) is 10.6. The van der Waals surface area contributed by atoms with Crippen LogP contribution >= 0.6 is 12.6 Å². The molecule has 0 atom stereocenters. The maximum atomic E-state index is 10.6. The zero-order valence-electron chi connectivity index (χ0n) is 7.74. The lowest BCUT2D eigenvalue weighted by Gasteiger charge is -2.06. The number of benzene rings is 1. The van der Waals surface area contributed by atoms with E-state index in [0.29, 0.717) is 5.92 Å². The van der Waals surface area contributed by atoms with Crippen molar-refractivity contribution in [2.24, 2.45) is 0 Å². The van der Waals surface area contributed by atoms with Gasteiger partial charge < -0.3 is 5.32 Å². The van der Waals surface area contributed by atoms with E-state index in [4.69, 9.17) is 0 Å². The second kappa shape index (κ2) is 4.33. The quantitative estimate of drug-likeness (QED) is 0.697. The first-order valence-corrected chi connectivity index (χ1v) is 4.64. The number of amides is 1. The predicted octanol–water partition coefficient (Wildman–Crippen LogP) is 3.27. The molecule has 13 heavy (non-hydrogen) atoms. The Hall–Kier alpha value is -0.960. The van der Waals surface area contributed by atoms with Crippen molar-refractivity contribution in [1.29, 1.82) is 0 Å². The van der Waals surface area contributed by atoms with Crippen LogP contribution in [0, 0.1) is 0 Å². The summed E-state index contributed by atoms with van der Waals surface area (Å²) in [5.74, 6) is 0.515. The molecule has 0 spiro atoms. The van der Waals surface area contributed by atoms with Gasteiger partial charge in [0.05, 0.1) is 0 Å². The van der Waals surface area contributed by atoms with Crippen molar-refractivity contribution >= 4 is 23.6 Å². The van der Waals surface area contributed by atoms with Crippen molar-refractivity contribution in [2.45, 2.75) is 19.8 Å². The Kier molecular flexibility index (Phi) is 3.37. The smallest absolute Gasteiger partial charge is 0.280 e. The van der Waals surface area contributed by atoms with Crippen LogP contribution in [0.15, 0.2) is 24.3 Å². The second-order valence-electron chi connectivity index (χ2n) is 3.21. The molecule has 1 N–H and O–H groups in total. The largest absolute Gasteiger partial charge is 0.317 e.